The molecule has 9 atom stereocenters. The fraction of sp³-hybridized carbons (Fsp3) is 1.00. The maximum absolute atomic E-state index is 10.3. The molecule has 4 rings (SSSR count). The molecule has 4 saturated carbocycles. The van der Waals surface area contributed by atoms with Crippen LogP contribution in [0.3, 0.4) is 0 Å². The molecule has 0 heterocycles. The predicted octanol–water partition coefficient (Wildman–Crippen LogP) is 4.39. The highest BCUT2D eigenvalue weighted by Crippen LogP contribution is 2.67. The van der Waals surface area contributed by atoms with Crippen LogP contribution in [0, 0.1) is 40.4 Å². The smallest absolute Gasteiger partial charge is 0.0804 e. The number of rotatable bonds is 1. The molecular weight excluding hydrogens is 284 g/mol. The van der Waals surface area contributed by atoms with Crippen LogP contribution in [0.1, 0.15) is 78.6 Å². The van der Waals surface area contributed by atoms with Crippen molar-refractivity contribution in [2.75, 3.05) is 0 Å². The van der Waals surface area contributed by atoms with Gasteiger partial charge in [0, 0.05) is 0 Å². The van der Waals surface area contributed by atoms with E-state index in [9.17, 15) is 10.2 Å². The van der Waals surface area contributed by atoms with Crippen molar-refractivity contribution >= 4 is 0 Å². The molecule has 23 heavy (non-hydrogen) atoms. The first-order valence-corrected chi connectivity index (χ1v) is 10.3. The van der Waals surface area contributed by atoms with Gasteiger partial charge >= 0.3 is 0 Å². The first-order chi connectivity index (χ1) is 10.9. The summed E-state index contributed by atoms with van der Waals surface area (Å²) in [6.07, 6.45) is 10.4. The molecule has 3 unspecified atom stereocenters. The minimum Gasteiger partial charge on any atom is -0.390 e. The van der Waals surface area contributed by atoms with Gasteiger partial charge in [0.05, 0.1) is 12.2 Å². The Morgan fingerprint density at radius 3 is 2.35 bits per heavy atom. The van der Waals surface area contributed by atoms with E-state index in [1.54, 1.807) is 0 Å². The molecule has 2 nitrogen and oxygen atoms in total. The molecule has 0 amide bonds. The topological polar surface area (TPSA) is 40.5 Å². The normalized spacial score (nSPS) is 59.1. The summed E-state index contributed by atoms with van der Waals surface area (Å²) in [7, 11) is 0. The molecule has 2 N–H and O–H groups in total. The first kappa shape index (κ1) is 16.4. The number of hydrogen-bond acceptors (Lipinski definition) is 2. The monoisotopic (exact) mass is 320 g/mol. The average molecular weight is 321 g/mol. The summed E-state index contributed by atoms with van der Waals surface area (Å²) in [5.74, 6) is 4.17. The largest absolute Gasteiger partial charge is 0.390 e. The molecule has 0 aliphatic heterocycles. The number of aliphatic hydroxyl groups is 2. The number of fused-ring (bicyclic) bond motifs is 5. The Bertz CT molecular complexity index is 463. The second kappa shape index (κ2) is 5.46. The number of hydrogen-bond donors (Lipinski definition) is 2. The summed E-state index contributed by atoms with van der Waals surface area (Å²) >= 11 is 0. The van der Waals surface area contributed by atoms with Crippen LogP contribution >= 0.6 is 0 Å². The SMILES string of the molecule is CC[C@H]1CC[C@H]2[C@@H]3CCC4CC(O)C(O)C[C@]4(C)[C@H]3CC[C@]12C. The second-order valence-corrected chi connectivity index (χ2v) is 9.96. The lowest BCUT2D eigenvalue weighted by molar-refractivity contribution is -0.159. The van der Waals surface area contributed by atoms with E-state index in [0.29, 0.717) is 11.3 Å². The Labute approximate surface area is 142 Å². The van der Waals surface area contributed by atoms with Gasteiger partial charge in [-0.05, 0) is 91.8 Å². The van der Waals surface area contributed by atoms with Crippen LogP contribution in [0.25, 0.3) is 0 Å². The summed E-state index contributed by atoms with van der Waals surface area (Å²) < 4.78 is 0. The van der Waals surface area contributed by atoms with Crippen molar-refractivity contribution in [3.8, 4) is 0 Å². The van der Waals surface area contributed by atoms with Crippen LogP contribution in [-0.2, 0) is 0 Å². The molecule has 0 bridgehead atoms. The predicted molar refractivity (Wildman–Crippen MR) is 92.9 cm³/mol. The van der Waals surface area contributed by atoms with Gasteiger partial charge in [-0.1, -0.05) is 27.2 Å². The Morgan fingerprint density at radius 2 is 1.61 bits per heavy atom. The highest BCUT2D eigenvalue weighted by atomic mass is 16.3. The molecular formula is C21H36O2. The fourth-order valence-corrected chi connectivity index (χ4v) is 8.05. The van der Waals surface area contributed by atoms with E-state index in [4.69, 9.17) is 0 Å². The highest BCUT2D eigenvalue weighted by Gasteiger charge is 2.60. The molecule has 4 aliphatic rings. The molecule has 0 spiro atoms. The maximum atomic E-state index is 10.3. The van der Waals surface area contributed by atoms with Crippen LogP contribution in [0.2, 0.25) is 0 Å². The average Bonchev–Trinajstić information content (AvgIpc) is 2.85. The summed E-state index contributed by atoms with van der Waals surface area (Å²) in [5.41, 5.74) is 0.860. The molecule has 0 saturated heterocycles. The number of aliphatic hydroxyl groups excluding tert-OH is 2. The van der Waals surface area contributed by atoms with Crippen molar-refractivity contribution in [3.63, 3.8) is 0 Å². The van der Waals surface area contributed by atoms with Crippen LogP contribution in [0.4, 0.5) is 0 Å². The maximum Gasteiger partial charge on any atom is 0.0804 e. The zero-order chi connectivity index (χ0) is 16.4. The zero-order valence-corrected chi connectivity index (χ0v) is 15.3. The van der Waals surface area contributed by atoms with Gasteiger partial charge in [-0.2, -0.15) is 0 Å². The van der Waals surface area contributed by atoms with Gasteiger partial charge in [0.1, 0.15) is 0 Å². The standard InChI is InChI=1S/C21H36O2/c1-4-13-6-8-16-15-7-5-14-11-18(22)19(23)12-21(14,3)17(15)9-10-20(13,16)2/h13-19,22-23H,4-12H2,1-3H3/t13-,14?,15-,16-,17-,18?,19?,20+,21-/m0/s1. The summed E-state index contributed by atoms with van der Waals surface area (Å²) in [6.45, 7) is 7.45. The van der Waals surface area contributed by atoms with Crippen LogP contribution in [-0.4, -0.2) is 22.4 Å². The lowest BCUT2D eigenvalue weighted by atomic mass is 9.44. The van der Waals surface area contributed by atoms with Crippen LogP contribution in [0.15, 0.2) is 0 Å². The van der Waals surface area contributed by atoms with Crippen molar-refractivity contribution in [2.24, 2.45) is 40.4 Å². The second-order valence-electron chi connectivity index (χ2n) is 9.96. The van der Waals surface area contributed by atoms with Crippen molar-refractivity contribution in [3.05, 3.63) is 0 Å². The Balaban J connectivity index is 1.62. The highest BCUT2D eigenvalue weighted by molar-refractivity contribution is 5.09. The molecule has 0 aromatic carbocycles. The van der Waals surface area contributed by atoms with Gasteiger partial charge in [0.25, 0.3) is 0 Å². The third-order valence-electron chi connectivity index (χ3n) is 9.37. The van der Waals surface area contributed by atoms with Gasteiger partial charge in [-0.3, -0.25) is 0 Å². The van der Waals surface area contributed by atoms with Gasteiger partial charge < -0.3 is 10.2 Å². The van der Waals surface area contributed by atoms with Crippen molar-refractivity contribution < 1.29 is 10.2 Å². The van der Waals surface area contributed by atoms with Gasteiger partial charge in [0.2, 0.25) is 0 Å². The van der Waals surface area contributed by atoms with Gasteiger partial charge in [0.15, 0.2) is 0 Å². The van der Waals surface area contributed by atoms with E-state index < -0.39 is 12.2 Å². The van der Waals surface area contributed by atoms with Crippen LogP contribution in [0.5, 0.6) is 0 Å². The van der Waals surface area contributed by atoms with E-state index in [1.807, 2.05) is 0 Å². The lowest BCUT2D eigenvalue weighted by Gasteiger charge is -2.61. The quantitative estimate of drug-likeness (QED) is 0.752. The summed E-state index contributed by atoms with van der Waals surface area (Å²) in [4.78, 5) is 0. The van der Waals surface area contributed by atoms with Gasteiger partial charge in [-0.25, -0.2) is 0 Å². The van der Waals surface area contributed by atoms with E-state index in [1.165, 1.54) is 44.9 Å². The van der Waals surface area contributed by atoms with Gasteiger partial charge in [-0.15, -0.1) is 0 Å². The molecule has 4 aliphatic carbocycles. The lowest BCUT2D eigenvalue weighted by Crippen LogP contribution is -2.56. The first-order valence-electron chi connectivity index (χ1n) is 10.3. The van der Waals surface area contributed by atoms with E-state index >= 15 is 0 Å². The Hall–Kier alpha value is -0.0800. The van der Waals surface area contributed by atoms with E-state index in [2.05, 4.69) is 20.8 Å². The Kier molecular flexibility index (Phi) is 3.89. The molecule has 0 aromatic rings. The molecule has 132 valence electrons. The minimum atomic E-state index is -0.490. The third kappa shape index (κ3) is 2.20. The van der Waals surface area contributed by atoms with E-state index in [0.717, 1.165) is 36.5 Å². The Morgan fingerprint density at radius 1 is 0.870 bits per heavy atom. The van der Waals surface area contributed by atoms with E-state index in [-0.39, 0.29) is 5.41 Å². The van der Waals surface area contributed by atoms with Crippen molar-refractivity contribution in [1.29, 1.82) is 0 Å². The van der Waals surface area contributed by atoms with Crippen LogP contribution < -0.4 is 0 Å². The molecule has 2 heteroatoms. The fourth-order valence-electron chi connectivity index (χ4n) is 8.05. The molecule has 0 radical (unpaired) electrons. The zero-order valence-electron chi connectivity index (χ0n) is 15.3. The molecule has 0 aromatic heterocycles. The summed E-state index contributed by atoms with van der Waals surface area (Å²) in [5, 5.41) is 20.5. The van der Waals surface area contributed by atoms with Crippen molar-refractivity contribution in [2.45, 2.75) is 90.8 Å². The van der Waals surface area contributed by atoms with Crippen molar-refractivity contribution in [1.82, 2.24) is 0 Å². The minimum absolute atomic E-state index is 0.271. The molecule has 4 fully saturated rings. The summed E-state index contributed by atoms with van der Waals surface area (Å²) in [6, 6.07) is 0. The third-order valence-corrected chi connectivity index (χ3v) is 9.37.